The largest absolute Gasteiger partial charge is 0.486 e. The van der Waals surface area contributed by atoms with Crippen molar-refractivity contribution in [3.05, 3.63) is 29.5 Å². The number of carboxylic acids is 1. The smallest absolute Gasteiger partial charge is 0.353 e. The van der Waals surface area contributed by atoms with Crippen LogP contribution in [0, 0.1) is 6.92 Å². The minimum Gasteiger partial charge on any atom is -0.486 e. The van der Waals surface area contributed by atoms with Crippen molar-refractivity contribution >= 4 is 5.97 Å². The van der Waals surface area contributed by atoms with Gasteiger partial charge in [0.1, 0.15) is 18.9 Å². The van der Waals surface area contributed by atoms with E-state index in [9.17, 15) is 4.79 Å². The second kappa shape index (κ2) is 4.31. The highest BCUT2D eigenvalue weighted by Crippen LogP contribution is 2.40. The molecule has 0 unspecified atom stereocenters. The predicted molar refractivity (Wildman–Crippen MR) is 66.7 cm³/mol. The van der Waals surface area contributed by atoms with Crippen LogP contribution < -0.4 is 9.47 Å². The highest BCUT2D eigenvalue weighted by Gasteiger charge is 2.20. The van der Waals surface area contributed by atoms with Crippen LogP contribution in [0.1, 0.15) is 16.1 Å². The van der Waals surface area contributed by atoms with Crippen LogP contribution in [-0.4, -0.2) is 34.5 Å². The van der Waals surface area contributed by atoms with E-state index in [1.165, 1.54) is 6.07 Å². The van der Waals surface area contributed by atoms with Gasteiger partial charge in [0.25, 0.3) is 0 Å². The SMILES string of the molecule is Cc1cc2c(c(-c3cc(C(=O)O)[nH]n3)c1)OCCO2. The zero-order valence-electron chi connectivity index (χ0n) is 10.3. The van der Waals surface area contributed by atoms with Crippen LogP contribution in [0.2, 0.25) is 0 Å². The summed E-state index contributed by atoms with van der Waals surface area (Å²) in [7, 11) is 0. The van der Waals surface area contributed by atoms with Crippen molar-refractivity contribution in [3.63, 3.8) is 0 Å². The van der Waals surface area contributed by atoms with Crippen LogP contribution >= 0.6 is 0 Å². The molecule has 0 bridgehead atoms. The molecule has 1 aromatic heterocycles. The number of hydrogen-bond donors (Lipinski definition) is 2. The molecule has 0 spiro atoms. The molecule has 2 N–H and O–H groups in total. The lowest BCUT2D eigenvalue weighted by molar-refractivity contribution is 0.0690. The van der Waals surface area contributed by atoms with E-state index >= 15 is 0 Å². The first kappa shape index (κ1) is 11.6. The lowest BCUT2D eigenvalue weighted by atomic mass is 10.1. The highest BCUT2D eigenvalue weighted by atomic mass is 16.6. The van der Waals surface area contributed by atoms with E-state index in [4.69, 9.17) is 14.6 Å². The number of aromatic carboxylic acids is 1. The molecule has 19 heavy (non-hydrogen) atoms. The Labute approximate surface area is 109 Å². The molecule has 2 heterocycles. The number of H-pyrrole nitrogens is 1. The van der Waals surface area contributed by atoms with Gasteiger partial charge in [-0.25, -0.2) is 4.79 Å². The molecule has 1 aliphatic heterocycles. The molecular weight excluding hydrogens is 248 g/mol. The van der Waals surface area contributed by atoms with Crippen molar-refractivity contribution in [1.29, 1.82) is 0 Å². The molecule has 6 nitrogen and oxygen atoms in total. The second-order valence-corrected chi connectivity index (χ2v) is 4.31. The predicted octanol–water partition coefficient (Wildman–Crippen LogP) is 1.85. The average molecular weight is 260 g/mol. The van der Waals surface area contributed by atoms with Gasteiger partial charge < -0.3 is 14.6 Å². The Balaban J connectivity index is 2.12. The number of aromatic nitrogens is 2. The molecule has 0 fully saturated rings. The summed E-state index contributed by atoms with van der Waals surface area (Å²) in [6.07, 6.45) is 0. The second-order valence-electron chi connectivity index (χ2n) is 4.31. The number of aromatic amines is 1. The third-order valence-corrected chi connectivity index (χ3v) is 2.87. The molecule has 0 atom stereocenters. The summed E-state index contributed by atoms with van der Waals surface area (Å²) >= 11 is 0. The van der Waals surface area contributed by atoms with Crippen LogP contribution in [0.25, 0.3) is 11.3 Å². The summed E-state index contributed by atoms with van der Waals surface area (Å²) in [5.74, 6) is 0.235. The highest BCUT2D eigenvalue weighted by molar-refractivity contribution is 5.87. The van der Waals surface area contributed by atoms with Gasteiger partial charge in [-0.1, -0.05) is 0 Å². The number of carbonyl (C=O) groups is 1. The Kier molecular flexibility index (Phi) is 2.63. The first-order valence-electron chi connectivity index (χ1n) is 5.84. The monoisotopic (exact) mass is 260 g/mol. The Morgan fingerprint density at radius 3 is 2.84 bits per heavy atom. The zero-order chi connectivity index (χ0) is 13.4. The number of fused-ring (bicyclic) bond motifs is 1. The fraction of sp³-hybridized carbons (Fsp3) is 0.231. The van der Waals surface area contributed by atoms with E-state index in [0.717, 1.165) is 11.1 Å². The molecule has 2 aromatic rings. The maximum absolute atomic E-state index is 10.9. The molecule has 6 heteroatoms. The van der Waals surface area contributed by atoms with Gasteiger partial charge in [0.15, 0.2) is 11.5 Å². The first-order chi connectivity index (χ1) is 9.15. The standard InChI is InChI=1S/C13H12N2O4/c1-7-4-8(9-6-10(13(16)17)15-14-9)12-11(5-7)18-2-3-19-12/h4-6H,2-3H2,1H3,(H,14,15)(H,16,17). The third kappa shape index (κ3) is 2.01. The Bertz CT molecular complexity index is 648. The lowest BCUT2D eigenvalue weighted by Crippen LogP contribution is -2.16. The Morgan fingerprint density at radius 2 is 2.11 bits per heavy atom. The maximum Gasteiger partial charge on any atom is 0.353 e. The molecule has 0 aliphatic carbocycles. The summed E-state index contributed by atoms with van der Waals surface area (Å²) in [6, 6.07) is 5.27. The van der Waals surface area contributed by atoms with E-state index in [1.807, 2.05) is 19.1 Å². The van der Waals surface area contributed by atoms with Crippen LogP contribution in [0.15, 0.2) is 18.2 Å². The summed E-state index contributed by atoms with van der Waals surface area (Å²) in [6.45, 7) is 2.92. The number of nitrogens with one attached hydrogen (secondary N) is 1. The van der Waals surface area contributed by atoms with Gasteiger partial charge in [-0.15, -0.1) is 0 Å². The first-order valence-corrected chi connectivity index (χ1v) is 5.84. The van der Waals surface area contributed by atoms with Crippen molar-refractivity contribution in [1.82, 2.24) is 10.2 Å². The van der Waals surface area contributed by atoms with Gasteiger partial charge in [0.05, 0.1) is 5.69 Å². The molecule has 1 aliphatic rings. The molecule has 0 saturated heterocycles. The van der Waals surface area contributed by atoms with Crippen molar-refractivity contribution < 1.29 is 19.4 Å². The molecule has 0 amide bonds. The Morgan fingerprint density at radius 1 is 1.32 bits per heavy atom. The summed E-state index contributed by atoms with van der Waals surface area (Å²) in [4.78, 5) is 10.9. The van der Waals surface area contributed by atoms with Crippen molar-refractivity contribution in [2.24, 2.45) is 0 Å². The number of hydrogen-bond acceptors (Lipinski definition) is 4. The molecule has 0 saturated carbocycles. The van der Waals surface area contributed by atoms with E-state index in [0.29, 0.717) is 30.4 Å². The molecular formula is C13H12N2O4. The number of nitrogens with zero attached hydrogens (tertiary/aromatic N) is 1. The number of rotatable bonds is 2. The van der Waals surface area contributed by atoms with Crippen molar-refractivity contribution in [2.45, 2.75) is 6.92 Å². The zero-order valence-corrected chi connectivity index (χ0v) is 10.3. The molecule has 0 radical (unpaired) electrons. The van der Waals surface area contributed by atoms with Crippen LogP contribution in [0.4, 0.5) is 0 Å². The summed E-state index contributed by atoms with van der Waals surface area (Å²) in [5, 5.41) is 15.4. The van der Waals surface area contributed by atoms with Gasteiger partial charge >= 0.3 is 5.97 Å². The Hall–Kier alpha value is -2.50. The van der Waals surface area contributed by atoms with Gasteiger partial charge in [-0.2, -0.15) is 5.10 Å². The number of carboxylic acid groups (broad SMARTS) is 1. The molecule has 3 rings (SSSR count). The van der Waals surface area contributed by atoms with Gasteiger partial charge in [-0.3, -0.25) is 5.10 Å². The van der Waals surface area contributed by atoms with E-state index in [1.54, 1.807) is 0 Å². The third-order valence-electron chi connectivity index (χ3n) is 2.87. The fourth-order valence-electron chi connectivity index (χ4n) is 2.05. The summed E-state index contributed by atoms with van der Waals surface area (Å²) < 4.78 is 11.1. The number of ether oxygens (including phenoxy) is 2. The maximum atomic E-state index is 10.9. The van der Waals surface area contributed by atoms with E-state index < -0.39 is 5.97 Å². The van der Waals surface area contributed by atoms with Gasteiger partial charge in [0.2, 0.25) is 0 Å². The van der Waals surface area contributed by atoms with Gasteiger partial charge in [0, 0.05) is 5.56 Å². The van der Waals surface area contributed by atoms with Gasteiger partial charge in [-0.05, 0) is 30.7 Å². The number of benzene rings is 1. The molecule has 1 aromatic carbocycles. The van der Waals surface area contributed by atoms with Crippen LogP contribution in [-0.2, 0) is 0 Å². The average Bonchev–Trinajstić information content (AvgIpc) is 2.87. The topological polar surface area (TPSA) is 84.4 Å². The van der Waals surface area contributed by atoms with Crippen LogP contribution in [0.3, 0.4) is 0 Å². The lowest BCUT2D eigenvalue weighted by Gasteiger charge is -2.21. The fourth-order valence-corrected chi connectivity index (χ4v) is 2.05. The van der Waals surface area contributed by atoms with E-state index in [-0.39, 0.29) is 5.69 Å². The van der Waals surface area contributed by atoms with Crippen molar-refractivity contribution in [2.75, 3.05) is 13.2 Å². The molecule has 98 valence electrons. The minimum absolute atomic E-state index is 0.0435. The number of aryl methyl sites for hydroxylation is 1. The van der Waals surface area contributed by atoms with Crippen LogP contribution in [0.5, 0.6) is 11.5 Å². The summed E-state index contributed by atoms with van der Waals surface area (Å²) in [5.41, 5.74) is 2.31. The minimum atomic E-state index is -1.04. The van der Waals surface area contributed by atoms with Crippen molar-refractivity contribution in [3.8, 4) is 22.8 Å². The normalized spacial score (nSPS) is 13.3. The quantitative estimate of drug-likeness (QED) is 0.860. The van der Waals surface area contributed by atoms with E-state index in [2.05, 4.69) is 10.2 Å².